The summed E-state index contributed by atoms with van der Waals surface area (Å²) in [6.45, 7) is 4.55. The second-order valence-corrected chi connectivity index (χ2v) is 13.4. The maximum Gasteiger partial charge on any atom is 0.0372 e. The van der Waals surface area contributed by atoms with Crippen LogP contribution in [0.1, 0.15) is 38.5 Å². The normalized spacial score (nSPS) is 15.7. The number of nitrogens with zero attached hydrogens (tertiary/aromatic N) is 2. The second-order valence-electron chi connectivity index (χ2n) is 13.4. The summed E-state index contributed by atoms with van der Waals surface area (Å²) in [5, 5.41) is 10.6. The Bertz CT molecular complexity index is 2220. The molecule has 2 aliphatic heterocycles. The van der Waals surface area contributed by atoms with Crippen LogP contribution in [0.2, 0.25) is 0 Å². The van der Waals surface area contributed by atoms with Gasteiger partial charge in [-0.3, -0.25) is 0 Å². The highest BCUT2D eigenvalue weighted by molar-refractivity contribution is 6.26. The molecular formula is C44H40N2. The standard InChI is InChI=1S/C44H40N2/c1-4-14-31(15-5-1)43-38-22-20-34(46-26-12-3-13-27-46)30-42(38)44(39-23-21-33(29-41(39)43)45-24-10-2-11-25-45)40-28-32-16-6-7-17-35(32)36-18-8-9-19-37(36)40/h1,4-9,14-23,28-30H,2-3,10-13,24-27H2. The summed E-state index contributed by atoms with van der Waals surface area (Å²) < 4.78 is 0. The number of benzene rings is 7. The quantitative estimate of drug-likeness (QED) is 0.147. The van der Waals surface area contributed by atoms with Gasteiger partial charge >= 0.3 is 0 Å². The monoisotopic (exact) mass is 596 g/mol. The van der Waals surface area contributed by atoms with E-state index in [-0.39, 0.29) is 0 Å². The second kappa shape index (κ2) is 11.5. The van der Waals surface area contributed by atoms with Crippen molar-refractivity contribution in [3.05, 3.63) is 121 Å². The first-order chi connectivity index (χ1) is 22.8. The van der Waals surface area contributed by atoms with Gasteiger partial charge in [-0.2, -0.15) is 0 Å². The van der Waals surface area contributed by atoms with E-state index >= 15 is 0 Å². The van der Waals surface area contributed by atoms with E-state index < -0.39 is 0 Å². The average Bonchev–Trinajstić information content (AvgIpc) is 3.14. The van der Waals surface area contributed by atoms with Gasteiger partial charge in [-0.1, -0.05) is 91.0 Å². The summed E-state index contributed by atoms with van der Waals surface area (Å²) in [4.78, 5) is 5.21. The van der Waals surface area contributed by atoms with Gasteiger partial charge in [0.25, 0.3) is 0 Å². The summed E-state index contributed by atoms with van der Waals surface area (Å²) in [7, 11) is 0. The SMILES string of the molecule is c1ccc(-c2c3cc(N4CCCCC4)ccc3c(-c3cc4ccccc4c4ccccc34)c3cc(N4CCCCC4)ccc23)cc1. The van der Waals surface area contributed by atoms with Crippen molar-refractivity contribution in [1.29, 1.82) is 0 Å². The average molecular weight is 597 g/mol. The van der Waals surface area contributed by atoms with Crippen LogP contribution in [0.3, 0.4) is 0 Å². The fourth-order valence-electron chi connectivity index (χ4n) is 8.37. The molecule has 0 atom stereocenters. The lowest BCUT2D eigenvalue weighted by Crippen LogP contribution is -2.29. The zero-order valence-corrected chi connectivity index (χ0v) is 26.5. The fourth-order valence-corrected chi connectivity index (χ4v) is 8.37. The molecule has 2 fully saturated rings. The lowest BCUT2D eigenvalue weighted by atomic mass is 9.83. The van der Waals surface area contributed by atoms with Crippen molar-refractivity contribution in [3.63, 3.8) is 0 Å². The molecule has 2 heteroatoms. The first-order valence-electron chi connectivity index (χ1n) is 17.3. The van der Waals surface area contributed by atoms with Crippen LogP contribution >= 0.6 is 0 Å². The summed E-state index contributed by atoms with van der Waals surface area (Å²) in [6, 6.07) is 46.2. The van der Waals surface area contributed by atoms with E-state index in [0.29, 0.717) is 0 Å². The van der Waals surface area contributed by atoms with Gasteiger partial charge < -0.3 is 9.80 Å². The van der Waals surface area contributed by atoms with Gasteiger partial charge in [-0.15, -0.1) is 0 Å². The minimum absolute atomic E-state index is 1.14. The van der Waals surface area contributed by atoms with Crippen molar-refractivity contribution in [2.45, 2.75) is 38.5 Å². The minimum Gasteiger partial charge on any atom is -0.372 e. The first-order valence-corrected chi connectivity index (χ1v) is 17.3. The highest BCUT2D eigenvalue weighted by Gasteiger charge is 2.22. The molecule has 0 radical (unpaired) electrons. The molecule has 0 aliphatic carbocycles. The molecule has 0 bridgehead atoms. The molecule has 0 amide bonds. The fraction of sp³-hybridized carbons (Fsp3) is 0.227. The Hall–Kier alpha value is -4.82. The molecule has 0 unspecified atom stereocenters. The van der Waals surface area contributed by atoms with Crippen LogP contribution in [-0.4, -0.2) is 26.2 Å². The lowest BCUT2D eigenvalue weighted by Gasteiger charge is -2.30. The number of anilines is 2. The molecule has 7 aromatic rings. The number of rotatable bonds is 4. The summed E-state index contributed by atoms with van der Waals surface area (Å²) in [6.07, 6.45) is 7.76. The van der Waals surface area contributed by atoms with Crippen molar-refractivity contribution in [2.75, 3.05) is 36.0 Å². The maximum absolute atomic E-state index is 2.61. The predicted molar refractivity (Wildman–Crippen MR) is 199 cm³/mol. The maximum atomic E-state index is 2.61. The Morgan fingerprint density at radius 3 is 1.52 bits per heavy atom. The van der Waals surface area contributed by atoms with E-state index in [4.69, 9.17) is 0 Å². The van der Waals surface area contributed by atoms with Crippen LogP contribution in [0.5, 0.6) is 0 Å². The van der Waals surface area contributed by atoms with Crippen LogP contribution < -0.4 is 9.80 Å². The molecule has 2 heterocycles. The van der Waals surface area contributed by atoms with E-state index in [1.54, 1.807) is 0 Å². The van der Waals surface area contributed by atoms with Gasteiger partial charge in [0.2, 0.25) is 0 Å². The lowest BCUT2D eigenvalue weighted by molar-refractivity contribution is 0.578. The molecule has 46 heavy (non-hydrogen) atoms. The Kier molecular flexibility index (Phi) is 6.88. The van der Waals surface area contributed by atoms with E-state index in [9.17, 15) is 0 Å². The zero-order chi connectivity index (χ0) is 30.5. The molecule has 0 saturated carbocycles. The van der Waals surface area contributed by atoms with Gasteiger partial charge in [0.1, 0.15) is 0 Å². The molecule has 7 aromatic carbocycles. The third kappa shape index (κ3) is 4.62. The summed E-state index contributed by atoms with van der Waals surface area (Å²) in [5.74, 6) is 0. The Labute approximate surface area is 271 Å². The number of hydrogen-bond donors (Lipinski definition) is 0. The third-order valence-corrected chi connectivity index (χ3v) is 10.6. The van der Waals surface area contributed by atoms with Crippen molar-refractivity contribution in [2.24, 2.45) is 0 Å². The number of fused-ring (bicyclic) bond motifs is 5. The van der Waals surface area contributed by atoms with E-state index in [1.807, 2.05) is 0 Å². The van der Waals surface area contributed by atoms with E-state index in [0.717, 1.165) is 26.2 Å². The zero-order valence-electron chi connectivity index (χ0n) is 26.5. The molecule has 0 spiro atoms. The molecule has 226 valence electrons. The van der Waals surface area contributed by atoms with Crippen LogP contribution in [0.25, 0.3) is 65.3 Å². The van der Waals surface area contributed by atoms with Crippen LogP contribution in [-0.2, 0) is 0 Å². The molecular weight excluding hydrogens is 556 g/mol. The van der Waals surface area contributed by atoms with Crippen LogP contribution in [0.15, 0.2) is 121 Å². The highest BCUT2D eigenvalue weighted by Crippen LogP contribution is 2.48. The number of hydrogen-bond acceptors (Lipinski definition) is 2. The van der Waals surface area contributed by atoms with Gasteiger partial charge in [0, 0.05) is 37.6 Å². The largest absolute Gasteiger partial charge is 0.372 e. The van der Waals surface area contributed by atoms with Crippen molar-refractivity contribution >= 4 is 54.5 Å². The Morgan fingerprint density at radius 1 is 0.348 bits per heavy atom. The Morgan fingerprint density at radius 2 is 0.870 bits per heavy atom. The number of piperidine rings is 2. The molecule has 2 aliphatic rings. The van der Waals surface area contributed by atoms with Gasteiger partial charge in [-0.05, 0) is 134 Å². The molecule has 2 nitrogen and oxygen atoms in total. The van der Waals surface area contributed by atoms with Crippen molar-refractivity contribution < 1.29 is 0 Å². The smallest absolute Gasteiger partial charge is 0.0372 e. The minimum atomic E-state index is 1.14. The predicted octanol–water partition coefficient (Wildman–Crippen LogP) is 11.6. The van der Waals surface area contributed by atoms with E-state index in [2.05, 4.69) is 131 Å². The van der Waals surface area contributed by atoms with Crippen LogP contribution in [0.4, 0.5) is 11.4 Å². The summed E-state index contributed by atoms with van der Waals surface area (Å²) in [5.41, 5.74) is 8.02. The molecule has 0 N–H and O–H groups in total. The molecule has 2 saturated heterocycles. The highest BCUT2D eigenvalue weighted by atomic mass is 15.1. The van der Waals surface area contributed by atoms with Crippen LogP contribution in [0, 0.1) is 0 Å². The third-order valence-electron chi connectivity index (χ3n) is 10.6. The van der Waals surface area contributed by atoms with E-state index in [1.165, 1.54) is 115 Å². The van der Waals surface area contributed by atoms with Gasteiger partial charge in [-0.25, -0.2) is 0 Å². The molecule has 0 aromatic heterocycles. The summed E-state index contributed by atoms with van der Waals surface area (Å²) >= 11 is 0. The van der Waals surface area contributed by atoms with Gasteiger partial charge in [0.05, 0.1) is 0 Å². The van der Waals surface area contributed by atoms with Gasteiger partial charge in [0.15, 0.2) is 0 Å². The first kappa shape index (κ1) is 27.5. The van der Waals surface area contributed by atoms with Crippen molar-refractivity contribution in [3.8, 4) is 22.3 Å². The topological polar surface area (TPSA) is 6.48 Å². The molecule has 9 rings (SSSR count). The Balaban J connectivity index is 1.43. The van der Waals surface area contributed by atoms with Crippen molar-refractivity contribution in [1.82, 2.24) is 0 Å².